The number of ether oxygens (including phenoxy) is 2. The Morgan fingerprint density at radius 2 is 2.10 bits per heavy atom. The van der Waals surface area contributed by atoms with Crippen molar-refractivity contribution < 1.29 is 13.9 Å². The van der Waals surface area contributed by atoms with Crippen LogP contribution in [0.3, 0.4) is 0 Å². The third-order valence-corrected chi connectivity index (χ3v) is 3.56. The van der Waals surface area contributed by atoms with Crippen LogP contribution >= 0.6 is 23.2 Å². The van der Waals surface area contributed by atoms with E-state index in [1.165, 1.54) is 12.1 Å². The van der Waals surface area contributed by atoms with Gasteiger partial charge in [-0.1, -0.05) is 11.6 Å². The number of fused-ring (bicyclic) bond motifs is 1. The SMILES string of the molecule is COCCOCCn1c(CCCl)nc2cc(Cl)c(F)cc21. The molecule has 0 fully saturated rings. The van der Waals surface area contributed by atoms with Gasteiger partial charge >= 0.3 is 0 Å². The highest BCUT2D eigenvalue weighted by atomic mass is 35.5. The van der Waals surface area contributed by atoms with E-state index in [0.717, 1.165) is 5.82 Å². The molecule has 0 radical (unpaired) electrons. The number of imidazole rings is 1. The topological polar surface area (TPSA) is 36.3 Å². The van der Waals surface area contributed by atoms with E-state index in [9.17, 15) is 4.39 Å². The Morgan fingerprint density at radius 1 is 1.29 bits per heavy atom. The van der Waals surface area contributed by atoms with Gasteiger partial charge in [-0.05, 0) is 6.07 Å². The van der Waals surface area contributed by atoms with Gasteiger partial charge in [0, 0.05) is 32.0 Å². The van der Waals surface area contributed by atoms with Crippen molar-refractivity contribution in [3.05, 3.63) is 28.8 Å². The molecule has 2 aromatic rings. The lowest BCUT2D eigenvalue weighted by Crippen LogP contribution is -2.12. The normalized spacial score (nSPS) is 11.4. The summed E-state index contributed by atoms with van der Waals surface area (Å²) in [6.45, 7) is 2.14. The molecule has 116 valence electrons. The molecular formula is C14H17Cl2FN2O2. The van der Waals surface area contributed by atoms with Crippen LogP contribution in [0.4, 0.5) is 4.39 Å². The Morgan fingerprint density at radius 3 is 2.81 bits per heavy atom. The molecule has 0 aliphatic rings. The van der Waals surface area contributed by atoms with Gasteiger partial charge in [-0.2, -0.15) is 0 Å². The molecule has 0 aliphatic heterocycles. The lowest BCUT2D eigenvalue weighted by molar-refractivity contribution is 0.0667. The predicted molar refractivity (Wildman–Crippen MR) is 81.8 cm³/mol. The molecule has 0 spiro atoms. The van der Waals surface area contributed by atoms with Crippen molar-refractivity contribution >= 4 is 34.2 Å². The first-order valence-electron chi connectivity index (χ1n) is 6.64. The van der Waals surface area contributed by atoms with Crippen molar-refractivity contribution in [3.8, 4) is 0 Å². The number of nitrogens with zero attached hydrogens (tertiary/aromatic N) is 2. The summed E-state index contributed by atoms with van der Waals surface area (Å²) in [5.41, 5.74) is 1.37. The van der Waals surface area contributed by atoms with Gasteiger partial charge in [0.05, 0.1) is 35.9 Å². The van der Waals surface area contributed by atoms with Gasteiger partial charge in [-0.3, -0.25) is 0 Å². The van der Waals surface area contributed by atoms with Gasteiger partial charge in [0.15, 0.2) is 0 Å². The Kier molecular flexibility index (Phi) is 6.23. The summed E-state index contributed by atoms with van der Waals surface area (Å²) in [7, 11) is 1.62. The molecule has 4 nitrogen and oxygen atoms in total. The first-order valence-corrected chi connectivity index (χ1v) is 7.55. The van der Waals surface area contributed by atoms with Crippen LogP contribution in [-0.2, 0) is 22.4 Å². The Bertz CT molecular complexity index is 604. The summed E-state index contributed by atoms with van der Waals surface area (Å²) in [6.07, 6.45) is 0.605. The number of aryl methyl sites for hydroxylation is 1. The van der Waals surface area contributed by atoms with Crippen molar-refractivity contribution in [1.29, 1.82) is 0 Å². The zero-order valence-electron chi connectivity index (χ0n) is 11.7. The molecule has 0 amide bonds. The molecule has 1 aromatic heterocycles. The maximum Gasteiger partial charge on any atom is 0.144 e. The fraction of sp³-hybridized carbons (Fsp3) is 0.500. The fourth-order valence-electron chi connectivity index (χ4n) is 2.10. The number of hydrogen-bond donors (Lipinski definition) is 0. The van der Waals surface area contributed by atoms with E-state index < -0.39 is 5.82 Å². The first kappa shape index (κ1) is 16.5. The summed E-state index contributed by atoms with van der Waals surface area (Å²) in [5, 5.41) is 0.0703. The average Bonchev–Trinajstić information content (AvgIpc) is 2.77. The number of aromatic nitrogens is 2. The number of benzene rings is 1. The van der Waals surface area contributed by atoms with Crippen LogP contribution in [0, 0.1) is 5.82 Å². The number of hydrogen-bond acceptors (Lipinski definition) is 3. The number of alkyl halides is 1. The minimum atomic E-state index is -0.456. The molecule has 2 rings (SSSR count). The van der Waals surface area contributed by atoms with E-state index in [4.69, 9.17) is 32.7 Å². The highest BCUT2D eigenvalue weighted by Gasteiger charge is 2.13. The lowest BCUT2D eigenvalue weighted by Gasteiger charge is -2.09. The van der Waals surface area contributed by atoms with Crippen molar-refractivity contribution in [2.24, 2.45) is 0 Å². The highest BCUT2D eigenvalue weighted by molar-refractivity contribution is 6.31. The minimum absolute atomic E-state index is 0.0703. The van der Waals surface area contributed by atoms with Crippen LogP contribution in [0.25, 0.3) is 11.0 Å². The second-order valence-corrected chi connectivity index (χ2v) is 5.26. The molecule has 21 heavy (non-hydrogen) atoms. The van der Waals surface area contributed by atoms with Gasteiger partial charge in [-0.25, -0.2) is 9.37 Å². The van der Waals surface area contributed by atoms with Gasteiger partial charge in [-0.15, -0.1) is 11.6 Å². The van der Waals surface area contributed by atoms with Crippen LogP contribution in [0.1, 0.15) is 5.82 Å². The maximum atomic E-state index is 13.7. The van der Waals surface area contributed by atoms with Gasteiger partial charge < -0.3 is 14.0 Å². The van der Waals surface area contributed by atoms with Crippen molar-refractivity contribution in [2.75, 3.05) is 32.8 Å². The summed E-state index contributed by atoms with van der Waals surface area (Å²) in [4.78, 5) is 4.47. The third kappa shape index (κ3) is 4.07. The van der Waals surface area contributed by atoms with Crippen LogP contribution < -0.4 is 0 Å². The Labute approximate surface area is 132 Å². The third-order valence-electron chi connectivity index (χ3n) is 3.08. The summed E-state index contributed by atoms with van der Waals surface area (Å²) < 4.78 is 26.0. The molecule has 0 unspecified atom stereocenters. The second kappa shape index (κ2) is 7.94. The zero-order chi connectivity index (χ0) is 15.2. The molecule has 0 N–H and O–H groups in total. The molecule has 7 heteroatoms. The maximum absolute atomic E-state index is 13.7. The molecular weight excluding hydrogens is 318 g/mol. The van der Waals surface area contributed by atoms with Crippen LogP contribution in [0.2, 0.25) is 5.02 Å². The van der Waals surface area contributed by atoms with Crippen molar-refractivity contribution in [1.82, 2.24) is 9.55 Å². The van der Waals surface area contributed by atoms with Crippen molar-refractivity contribution in [3.63, 3.8) is 0 Å². The van der Waals surface area contributed by atoms with E-state index in [0.29, 0.717) is 49.7 Å². The summed E-state index contributed by atoms with van der Waals surface area (Å²) >= 11 is 11.6. The fourth-order valence-corrected chi connectivity index (χ4v) is 2.42. The molecule has 0 aliphatic carbocycles. The van der Waals surface area contributed by atoms with Crippen LogP contribution in [0.15, 0.2) is 12.1 Å². The Balaban J connectivity index is 2.21. The quantitative estimate of drug-likeness (QED) is 0.549. The van der Waals surface area contributed by atoms with Crippen LogP contribution in [0.5, 0.6) is 0 Å². The molecule has 0 saturated heterocycles. The Hall–Kier alpha value is -0.880. The second-order valence-electron chi connectivity index (χ2n) is 4.48. The summed E-state index contributed by atoms with van der Waals surface area (Å²) in [5.74, 6) is 0.796. The standard InChI is InChI=1S/C14H17Cl2FN2O2/c1-20-6-7-21-5-4-19-13-9-11(17)10(16)8-12(13)18-14(19)2-3-15/h8-9H,2-7H2,1H3. The highest BCUT2D eigenvalue weighted by Crippen LogP contribution is 2.24. The monoisotopic (exact) mass is 334 g/mol. The molecule has 1 heterocycles. The summed E-state index contributed by atoms with van der Waals surface area (Å²) in [6, 6.07) is 2.93. The smallest absolute Gasteiger partial charge is 0.144 e. The van der Waals surface area contributed by atoms with E-state index >= 15 is 0 Å². The van der Waals surface area contributed by atoms with Gasteiger partial charge in [0.1, 0.15) is 11.6 Å². The predicted octanol–water partition coefficient (Wildman–Crippen LogP) is 3.27. The van der Waals surface area contributed by atoms with Crippen molar-refractivity contribution in [2.45, 2.75) is 13.0 Å². The number of halogens is 3. The average molecular weight is 335 g/mol. The van der Waals surface area contributed by atoms with E-state index in [1.807, 2.05) is 4.57 Å². The molecule has 1 aromatic carbocycles. The van der Waals surface area contributed by atoms with E-state index in [2.05, 4.69) is 4.98 Å². The van der Waals surface area contributed by atoms with Gasteiger partial charge in [0.2, 0.25) is 0 Å². The molecule has 0 saturated carbocycles. The van der Waals surface area contributed by atoms with Gasteiger partial charge in [0.25, 0.3) is 0 Å². The molecule has 0 bridgehead atoms. The van der Waals surface area contributed by atoms with E-state index in [-0.39, 0.29) is 5.02 Å². The zero-order valence-corrected chi connectivity index (χ0v) is 13.3. The molecule has 0 atom stereocenters. The number of methoxy groups -OCH3 is 1. The first-order chi connectivity index (χ1) is 10.2. The minimum Gasteiger partial charge on any atom is -0.382 e. The number of rotatable bonds is 8. The largest absolute Gasteiger partial charge is 0.382 e. The van der Waals surface area contributed by atoms with E-state index in [1.54, 1.807) is 7.11 Å². The van der Waals surface area contributed by atoms with Crippen LogP contribution in [-0.4, -0.2) is 42.4 Å². The lowest BCUT2D eigenvalue weighted by atomic mass is 10.3.